The van der Waals surface area contributed by atoms with E-state index in [1.165, 1.54) is 27.9 Å². The molecule has 2 heterocycles. The Morgan fingerprint density at radius 3 is 2.63 bits per heavy atom. The van der Waals surface area contributed by atoms with Crippen LogP contribution in [0.3, 0.4) is 0 Å². The second-order valence-corrected chi connectivity index (χ2v) is 7.38. The largest absolute Gasteiger partial charge is 0.384 e. The average Bonchev–Trinajstić information content (AvgIpc) is 3.17. The van der Waals surface area contributed by atoms with Crippen molar-refractivity contribution >= 4 is 17.3 Å². The number of β-amino-alcohol motifs (C(OH)–C–C–N with tert-alkyl or cyclic N) is 1. The fourth-order valence-electron chi connectivity index (χ4n) is 3.40. The highest BCUT2D eigenvalue weighted by Gasteiger charge is 2.45. The van der Waals surface area contributed by atoms with Gasteiger partial charge in [-0.1, -0.05) is 11.3 Å². The summed E-state index contributed by atoms with van der Waals surface area (Å²) in [5.41, 5.74) is -1.28. The number of rotatable bonds is 5. The minimum Gasteiger partial charge on any atom is -0.384 e. The number of aliphatic hydroxyl groups is 1. The van der Waals surface area contributed by atoms with Gasteiger partial charge in [0.05, 0.1) is 42.8 Å². The summed E-state index contributed by atoms with van der Waals surface area (Å²) in [4.78, 5) is 14.2. The molecular formula is C20H18F3N5O2. The summed E-state index contributed by atoms with van der Waals surface area (Å²) in [6.45, 7) is 1.77. The van der Waals surface area contributed by atoms with Crippen molar-refractivity contribution in [3.63, 3.8) is 0 Å². The fourth-order valence-corrected chi connectivity index (χ4v) is 3.40. The molecule has 2 aromatic carbocycles. The topological polar surface area (TPSA) is 83.3 Å². The zero-order valence-electron chi connectivity index (χ0n) is 15.9. The molecule has 30 heavy (non-hydrogen) atoms. The molecule has 0 aliphatic carbocycles. The summed E-state index contributed by atoms with van der Waals surface area (Å²) in [5.74, 6) is -3.75. The maximum Gasteiger partial charge on any atom is 0.256 e. The smallest absolute Gasteiger partial charge is 0.256 e. The molecular weight excluding hydrogens is 399 g/mol. The molecule has 0 unspecified atom stereocenters. The van der Waals surface area contributed by atoms with Crippen molar-refractivity contribution in [3.8, 4) is 0 Å². The minimum atomic E-state index is -1.29. The monoisotopic (exact) mass is 417 g/mol. The van der Waals surface area contributed by atoms with Crippen molar-refractivity contribution < 1.29 is 23.1 Å². The van der Waals surface area contributed by atoms with Crippen LogP contribution in [0.25, 0.3) is 0 Å². The lowest BCUT2D eigenvalue weighted by atomic mass is 9.93. The van der Waals surface area contributed by atoms with Gasteiger partial charge >= 0.3 is 0 Å². The summed E-state index contributed by atoms with van der Waals surface area (Å²) in [6, 6.07) is 6.18. The number of hydrogen-bond acceptors (Lipinski definition) is 5. The van der Waals surface area contributed by atoms with Crippen LogP contribution in [-0.4, -0.2) is 49.6 Å². The predicted octanol–water partition coefficient (Wildman–Crippen LogP) is 2.63. The Morgan fingerprint density at radius 2 is 1.97 bits per heavy atom. The van der Waals surface area contributed by atoms with Crippen molar-refractivity contribution in [1.29, 1.82) is 0 Å². The van der Waals surface area contributed by atoms with Crippen molar-refractivity contribution in [3.05, 3.63) is 71.3 Å². The number of aromatic nitrogens is 3. The predicted molar refractivity (Wildman–Crippen MR) is 102 cm³/mol. The van der Waals surface area contributed by atoms with E-state index in [9.17, 15) is 23.1 Å². The van der Waals surface area contributed by atoms with Gasteiger partial charge in [0.2, 0.25) is 0 Å². The highest BCUT2D eigenvalue weighted by Crippen LogP contribution is 2.32. The third kappa shape index (κ3) is 3.73. The Hall–Kier alpha value is -3.40. The van der Waals surface area contributed by atoms with Crippen molar-refractivity contribution in [2.75, 3.05) is 18.4 Å². The van der Waals surface area contributed by atoms with Gasteiger partial charge in [-0.05, 0) is 36.8 Å². The van der Waals surface area contributed by atoms with E-state index in [0.717, 1.165) is 12.1 Å². The molecule has 1 aliphatic heterocycles. The van der Waals surface area contributed by atoms with Gasteiger partial charge in [0.1, 0.15) is 11.4 Å². The molecule has 4 rings (SSSR count). The Kier molecular flexibility index (Phi) is 4.94. The van der Waals surface area contributed by atoms with Gasteiger partial charge in [0.15, 0.2) is 11.6 Å². The third-order valence-electron chi connectivity index (χ3n) is 4.90. The molecule has 156 valence electrons. The van der Waals surface area contributed by atoms with Crippen LogP contribution >= 0.6 is 0 Å². The number of benzene rings is 2. The van der Waals surface area contributed by atoms with E-state index in [1.54, 1.807) is 19.2 Å². The van der Waals surface area contributed by atoms with Crippen molar-refractivity contribution in [1.82, 2.24) is 19.9 Å². The first-order valence-corrected chi connectivity index (χ1v) is 9.13. The van der Waals surface area contributed by atoms with Crippen LogP contribution in [0.1, 0.15) is 15.9 Å². The van der Waals surface area contributed by atoms with Crippen molar-refractivity contribution in [2.45, 2.75) is 19.1 Å². The summed E-state index contributed by atoms with van der Waals surface area (Å²) < 4.78 is 44.0. The molecule has 1 fully saturated rings. The number of nitrogens with one attached hydrogen (secondary N) is 1. The number of nitrogens with zero attached hydrogens (tertiary/aromatic N) is 4. The molecule has 3 aromatic rings. The summed E-state index contributed by atoms with van der Waals surface area (Å²) >= 11 is 0. The van der Waals surface area contributed by atoms with E-state index in [2.05, 4.69) is 15.6 Å². The summed E-state index contributed by atoms with van der Waals surface area (Å²) in [7, 11) is 0. The molecule has 0 atom stereocenters. The fraction of sp³-hybridized carbons (Fsp3) is 0.250. The van der Waals surface area contributed by atoms with Gasteiger partial charge in [-0.3, -0.25) is 4.79 Å². The van der Waals surface area contributed by atoms with Gasteiger partial charge in [-0.2, -0.15) is 0 Å². The number of anilines is 2. The first-order chi connectivity index (χ1) is 14.3. The van der Waals surface area contributed by atoms with Crippen LogP contribution in [0.2, 0.25) is 0 Å². The third-order valence-corrected chi connectivity index (χ3v) is 4.90. The molecule has 1 amide bonds. The normalized spacial score (nSPS) is 15.0. The van der Waals surface area contributed by atoms with Gasteiger partial charge in [0, 0.05) is 6.20 Å². The molecule has 0 saturated carbocycles. The van der Waals surface area contributed by atoms with Crippen LogP contribution in [0.15, 0.2) is 42.7 Å². The summed E-state index contributed by atoms with van der Waals surface area (Å²) in [5, 5.41) is 20.5. The lowest BCUT2D eigenvalue weighted by Crippen LogP contribution is -2.65. The van der Waals surface area contributed by atoms with E-state index in [1.807, 2.05) is 0 Å². The maximum atomic E-state index is 14.5. The second kappa shape index (κ2) is 7.45. The average molecular weight is 417 g/mol. The molecule has 1 aliphatic rings. The van der Waals surface area contributed by atoms with Crippen LogP contribution in [-0.2, 0) is 6.54 Å². The zero-order chi connectivity index (χ0) is 21.5. The minimum absolute atomic E-state index is 0.0248. The first-order valence-electron chi connectivity index (χ1n) is 9.13. The Labute approximate surface area is 169 Å². The van der Waals surface area contributed by atoms with Crippen LogP contribution in [0.4, 0.5) is 24.5 Å². The number of carbonyl (C=O) groups excluding carboxylic acids is 1. The highest BCUT2D eigenvalue weighted by atomic mass is 19.2. The molecule has 0 radical (unpaired) electrons. The van der Waals surface area contributed by atoms with Crippen LogP contribution < -0.4 is 5.32 Å². The number of likely N-dealkylation sites (tertiary alicyclic amines) is 1. The SMILES string of the molecule is Cc1ccc(Nc2c(C(=O)N3CC(O)(Cn4ccnn4)C3)ccc(F)c2F)c(F)c1. The van der Waals surface area contributed by atoms with Gasteiger partial charge in [-0.15, -0.1) is 5.10 Å². The van der Waals surface area contributed by atoms with Crippen LogP contribution in [0.5, 0.6) is 0 Å². The van der Waals surface area contributed by atoms with Gasteiger partial charge in [-0.25, -0.2) is 17.9 Å². The molecule has 10 heteroatoms. The Balaban J connectivity index is 1.57. The Bertz CT molecular complexity index is 1100. The number of halogens is 3. The molecule has 0 spiro atoms. The molecule has 1 saturated heterocycles. The quantitative estimate of drug-likeness (QED) is 0.667. The maximum absolute atomic E-state index is 14.5. The van der Waals surface area contributed by atoms with E-state index < -0.39 is 34.6 Å². The van der Waals surface area contributed by atoms with E-state index >= 15 is 0 Å². The number of aryl methyl sites for hydroxylation is 1. The lowest BCUT2D eigenvalue weighted by molar-refractivity contribution is -0.0930. The molecule has 1 aromatic heterocycles. The molecule has 7 nitrogen and oxygen atoms in total. The zero-order valence-corrected chi connectivity index (χ0v) is 15.9. The van der Waals surface area contributed by atoms with Crippen molar-refractivity contribution in [2.24, 2.45) is 0 Å². The second-order valence-electron chi connectivity index (χ2n) is 7.38. The number of amides is 1. The van der Waals surface area contributed by atoms with E-state index in [4.69, 9.17) is 0 Å². The first kappa shape index (κ1) is 19.9. The van der Waals surface area contributed by atoms with Gasteiger partial charge < -0.3 is 15.3 Å². The van der Waals surface area contributed by atoms with E-state index in [-0.39, 0.29) is 30.9 Å². The highest BCUT2D eigenvalue weighted by molar-refractivity contribution is 6.01. The molecule has 2 N–H and O–H groups in total. The van der Waals surface area contributed by atoms with Gasteiger partial charge in [0.25, 0.3) is 5.91 Å². The van der Waals surface area contributed by atoms with Crippen LogP contribution in [0, 0.1) is 24.4 Å². The lowest BCUT2D eigenvalue weighted by Gasteiger charge is -2.46. The summed E-state index contributed by atoms with van der Waals surface area (Å²) in [6.07, 6.45) is 3.05. The van der Waals surface area contributed by atoms with E-state index in [0.29, 0.717) is 5.56 Å². The standard InChI is InChI=1S/C20H18F3N5O2/c1-12-2-5-16(15(22)8-12)25-18-13(3-4-14(21)17(18)23)19(29)27-9-20(30,10-27)11-28-7-6-24-26-28/h2-8,25,30H,9-11H2,1H3. The Morgan fingerprint density at radius 1 is 1.20 bits per heavy atom. The molecule has 0 bridgehead atoms. The number of carbonyl (C=O) groups is 1. The number of hydrogen-bond donors (Lipinski definition) is 2.